The van der Waals surface area contributed by atoms with E-state index in [1.54, 1.807) is 7.11 Å². The summed E-state index contributed by atoms with van der Waals surface area (Å²) in [5.74, 6) is -0.0409. The Morgan fingerprint density at radius 2 is 2.11 bits per heavy atom. The van der Waals surface area contributed by atoms with Crippen molar-refractivity contribution >= 4 is 18.3 Å². The second kappa shape index (κ2) is 9.88. The van der Waals surface area contributed by atoms with Crippen LogP contribution in [0.1, 0.15) is 22.8 Å². The Bertz CT molecular complexity index is 359. The third kappa shape index (κ3) is 6.00. The number of rotatable bonds is 7. The van der Waals surface area contributed by atoms with E-state index in [2.05, 4.69) is 10.6 Å². The number of hydrogen-bond donors (Lipinski definition) is 2. The molecule has 0 aliphatic carbocycles. The van der Waals surface area contributed by atoms with E-state index in [-0.39, 0.29) is 18.3 Å². The van der Waals surface area contributed by atoms with Crippen LogP contribution in [0.25, 0.3) is 0 Å². The van der Waals surface area contributed by atoms with E-state index in [0.717, 1.165) is 18.7 Å². The standard InChI is InChI=1S/C13H20N2O2.ClH/c1-3-14-7-8-15-13(16)12-6-4-5-11(9-12)10-17-2;/h4-6,9,14H,3,7-8,10H2,1-2H3,(H,15,16);1H. The number of hydrogen-bond acceptors (Lipinski definition) is 3. The molecule has 18 heavy (non-hydrogen) atoms. The number of nitrogens with one attached hydrogen (secondary N) is 2. The van der Waals surface area contributed by atoms with E-state index in [4.69, 9.17) is 4.74 Å². The van der Waals surface area contributed by atoms with Crippen LogP contribution in [0.15, 0.2) is 24.3 Å². The zero-order chi connectivity index (χ0) is 12.5. The molecule has 1 aromatic carbocycles. The van der Waals surface area contributed by atoms with Crippen molar-refractivity contribution in [3.8, 4) is 0 Å². The van der Waals surface area contributed by atoms with E-state index < -0.39 is 0 Å². The number of amides is 1. The molecule has 4 nitrogen and oxygen atoms in total. The van der Waals surface area contributed by atoms with Gasteiger partial charge < -0.3 is 15.4 Å². The quantitative estimate of drug-likeness (QED) is 0.741. The lowest BCUT2D eigenvalue weighted by Gasteiger charge is -2.07. The molecule has 1 rings (SSSR count). The lowest BCUT2D eigenvalue weighted by molar-refractivity contribution is 0.0953. The summed E-state index contributed by atoms with van der Waals surface area (Å²) in [6, 6.07) is 7.47. The molecule has 0 bridgehead atoms. The van der Waals surface area contributed by atoms with E-state index >= 15 is 0 Å². The van der Waals surface area contributed by atoms with Gasteiger partial charge in [0.1, 0.15) is 0 Å². The number of carbonyl (C=O) groups excluding carboxylic acids is 1. The number of carbonyl (C=O) groups is 1. The normalized spacial score (nSPS) is 9.67. The Labute approximate surface area is 115 Å². The Morgan fingerprint density at radius 1 is 1.33 bits per heavy atom. The number of likely N-dealkylation sites (N-methyl/N-ethyl adjacent to an activating group) is 1. The largest absolute Gasteiger partial charge is 0.380 e. The highest BCUT2D eigenvalue weighted by atomic mass is 35.5. The molecular weight excluding hydrogens is 252 g/mol. The van der Waals surface area contributed by atoms with Gasteiger partial charge in [-0.2, -0.15) is 0 Å². The highest BCUT2D eigenvalue weighted by Gasteiger charge is 2.04. The van der Waals surface area contributed by atoms with E-state index in [1.165, 1.54) is 0 Å². The first kappa shape index (κ1) is 16.9. The van der Waals surface area contributed by atoms with Crippen LogP contribution in [0.4, 0.5) is 0 Å². The van der Waals surface area contributed by atoms with Gasteiger partial charge in [0.25, 0.3) is 5.91 Å². The number of methoxy groups -OCH3 is 1. The van der Waals surface area contributed by atoms with Gasteiger partial charge >= 0.3 is 0 Å². The smallest absolute Gasteiger partial charge is 0.251 e. The topological polar surface area (TPSA) is 50.4 Å². The molecule has 1 aromatic rings. The monoisotopic (exact) mass is 272 g/mol. The predicted molar refractivity (Wildman–Crippen MR) is 75.3 cm³/mol. The van der Waals surface area contributed by atoms with Crippen molar-refractivity contribution in [3.63, 3.8) is 0 Å². The molecule has 0 spiro atoms. The zero-order valence-electron chi connectivity index (χ0n) is 10.9. The molecule has 5 heteroatoms. The van der Waals surface area contributed by atoms with Gasteiger partial charge in [-0.1, -0.05) is 19.1 Å². The molecule has 0 aliphatic rings. The number of ether oxygens (including phenoxy) is 1. The van der Waals surface area contributed by atoms with Crippen molar-refractivity contribution in [1.29, 1.82) is 0 Å². The van der Waals surface area contributed by atoms with Gasteiger partial charge in [0.2, 0.25) is 0 Å². The second-order valence-corrected chi connectivity index (χ2v) is 3.74. The molecule has 1 amide bonds. The van der Waals surface area contributed by atoms with Gasteiger partial charge in [0, 0.05) is 25.8 Å². The average molecular weight is 273 g/mol. The summed E-state index contributed by atoms with van der Waals surface area (Å²) in [4.78, 5) is 11.8. The van der Waals surface area contributed by atoms with Crippen LogP contribution in [0, 0.1) is 0 Å². The van der Waals surface area contributed by atoms with Crippen LogP contribution in [-0.4, -0.2) is 32.7 Å². The highest BCUT2D eigenvalue weighted by molar-refractivity contribution is 5.94. The molecule has 0 saturated heterocycles. The van der Waals surface area contributed by atoms with Gasteiger partial charge in [-0.05, 0) is 24.2 Å². The predicted octanol–water partition coefficient (Wildman–Crippen LogP) is 1.59. The van der Waals surface area contributed by atoms with Crippen molar-refractivity contribution in [1.82, 2.24) is 10.6 Å². The summed E-state index contributed by atoms with van der Waals surface area (Å²) in [5, 5.41) is 6.01. The van der Waals surface area contributed by atoms with E-state index in [9.17, 15) is 4.79 Å². The Morgan fingerprint density at radius 3 is 2.78 bits per heavy atom. The van der Waals surface area contributed by atoms with Crippen LogP contribution in [0.3, 0.4) is 0 Å². The van der Waals surface area contributed by atoms with E-state index in [0.29, 0.717) is 18.7 Å². The molecule has 2 N–H and O–H groups in total. The molecular formula is C13H21ClN2O2. The van der Waals surface area contributed by atoms with Gasteiger partial charge in [-0.15, -0.1) is 12.4 Å². The first-order chi connectivity index (χ1) is 8.27. The Balaban J connectivity index is 0.00000289. The summed E-state index contributed by atoms with van der Waals surface area (Å²) in [7, 11) is 1.64. The van der Waals surface area contributed by atoms with Gasteiger partial charge in [0.05, 0.1) is 6.61 Å². The molecule has 0 aliphatic heterocycles. The summed E-state index contributed by atoms with van der Waals surface area (Å²) >= 11 is 0. The molecule has 0 fully saturated rings. The molecule has 0 aromatic heterocycles. The minimum absolute atomic E-state index is 0. The minimum Gasteiger partial charge on any atom is -0.380 e. The third-order valence-electron chi connectivity index (χ3n) is 2.34. The van der Waals surface area contributed by atoms with Crippen molar-refractivity contribution in [3.05, 3.63) is 35.4 Å². The van der Waals surface area contributed by atoms with Crippen molar-refractivity contribution in [2.75, 3.05) is 26.7 Å². The van der Waals surface area contributed by atoms with Crippen LogP contribution in [0.5, 0.6) is 0 Å². The summed E-state index contributed by atoms with van der Waals surface area (Å²) in [6.45, 7) is 4.91. The molecule has 0 atom stereocenters. The first-order valence-corrected chi connectivity index (χ1v) is 5.84. The van der Waals surface area contributed by atoms with Gasteiger partial charge in [-0.3, -0.25) is 4.79 Å². The molecule has 102 valence electrons. The number of halogens is 1. The molecule has 0 heterocycles. The maximum Gasteiger partial charge on any atom is 0.251 e. The van der Waals surface area contributed by atoms with Crippen molar-refractivity contribution in [2.45, 2.75) is 13.5 Å². The summed E-state index contributed by atoms with van der Waals surface area (Å²) in [6.07, 6.45) is 0. The second-order valence-electron chi connectivity index (χ2n) is 3.74. The maximum atomic E-state index is 11.8. The fraction of sp³-hybridized carbons (Fsp3) is 0.462. The first-order valence-electron chi connectivity index (χ1n) is 5.84. The summed E-state index contributed by atoms with van der Waals surface area (Å²) < 4.78 is 5.03. The Kier molecular flexibility index (Phi) is 9.28. The fourth-order valence-corrected chi connectivity index (χ4v) is 1.51. The van der Waals surface area contributed by atoms with E-state index in [1.807, 2.05) is 31.2 Å². The van der Waals surface area contributed by atoms with Gasteiger partial charge in [-0.25, -0.2) is 0 Å². The minimum atomic E-state index is -0.0409. The summed E-state index contributed by atoms with van der Waals surface area (Å²) in [5.41, 5.74) is 1.68. The van der Waals surface area contributed by atoms with Crippen LogP contribution in [0.2, 0.25) is 0 Å². The molecule has 0 radical (unpaired) electrons. The zero-order valence-corrected chi connectivity index (χ0v) is 11.7. The van der Waals surface area contributed by atoms with Crippen molar-refractivity contribution in [2.24, 2.45) is 0 Å². The molecule has 0 unspecified atom stereocenters. The van der Waals surface area contributed by atoms with Crippen molar-refractivity contribution < 1.29 is 9.53 Å². The van der Waals surface area contributed by atoms with Gasteiger partial charge in [0.15, 0.2) is 0 Å². The lowest BCUT2D eigenvalue weighted by atomic mass is 10.1. The Hall–Kier alpha value is -1.10. The third-order valence-corrected chi connectivity index (χ3v) is 2.34. The fourth-order valence-electron chi connectivity index (χ4n) is 1.51. The van der Waals surface area contributed by atoms with Crippen LogP contribution >= 0.6 is 12.4 Å². The highest BCUT2D eigenvalue weighted by Crippen LogP contribution is 2.06. The average Bonchev–Trinajstić information content (AvgIpc) is 2.35. The number of benzene rings is 1. The maximum absolute atomic E-state index is 11.8. The SMILES string of the molecule is CCNCCNC(=O)c1cccc(COC)c1.Cl. The molecule has 0 saturated carbocycles. The van der Waals surface area contributed by atoms with Crippen LogP contribution in [-0.2, 0) is 11.3 Å². The van der Waals surface area contributed by atoms with Crippen LogP contribution < -0.4 is 10.6 Å². The lowest BCUT2D eigenvalue weighted by Crippen LogP contribution is -2.31.